The minimum Gasteiger partial charge on any atom is -0.322 e. The van der Waals surface area contributed by atoms with Crippen LogP contribution in [0, 0.1) is 10.1 Å². The molecule has 0 heterocycles. The highest BCUT2D eigenvalue weighted by Gasteiger charge is 2.11. The zero-order chi connectivity index (χ0) is 20.8. The summed E-state index contributed by atoms with van der Waals surface area (Å²) in [5, 5.41) is 14.0. The predicted molar refractivity (Wildman–Crippen MR) is 114 cm³/mol. The molecular weight excluding hydrogens is 412 g/mol. The number of non-ortho nitro benzene ring substituents is 1. The van der Waals surface area contributed by atoms with Gasteiger partial charge in [-0.1, -0.05) is 17.7 Å². The van der Waals surface area contributed by atoms with Crippen molar-refractivity contribution in [2.45, 2.75) is 4.90 Å². The molecule has 8 heteroatoms. The predicted octanol–water partition coefficient (Wildman–Crippen LogP) is 5.48. The molecule has 0 spiro atoms. The number of nitro groups is 1. The highest BCUT2D eigenvalue weighted by atomic mass is 35.5. The van der Waals surface area contributed by atoms with Crippen molar-refractivity contribution >= 4 is 46.4 Å². The molecule has 0 atom stereocenters. The van der Waals surface area contributed by atoms with E-state index in [2.05, 4.69) is 5.32 Å². The minimum atomic E-state index is -0.520. The average molecular weight is 427 g/mol. The molecule has 29 heavy (non-hydrogen) atoms. The molecule has 1 amide bonds. The van der Waals surface area contributed by atoms with Crippen LogP contribution in [0.15, 0.2) is 77.7 Å². The molecule has 3 aromatic carbocycles. The number of nitrogens with one attached hydrogen (secondary N) is 1. The van der Waals surface area contributed by atoms with Gasteiger partial charge in [0.05, 0.1) is 10.7 Å². The van der Waals surface area contributed by atoms with E-state index < -0.39 is 4.92 Å². The van der Waals surface area contributed by atoms with Crippen molar-refractivity contribution in [3.8, 4) is 0 Å². The Bertz CT molecular complexity index is 1050. The average Bonchev–Trinajstić information content (AvgIpc) is 2.73. The van der Waals surface area contributed by atoms with Crippen molar-refractivity contribution in [1.29, 1.82) is 0 Å². The summed E-state index contributed by atoms with van der Waals surface area (Å²) in [6.07, 6.45) is 0. The van der Waals surface area contributed by atoms with Crippen LogP contribution in [0.5, 0.6) is 0 Å². The van der Waals surface area contributed by atoms with Crippen LogP contribution in [0.1, 0.15) is 20.7 Å². The van der Waals surface area contributed by atoms with Crippen LogP contribution in [0.4, 0.5) is 11.4 Å². The molecule has 0 bridgehead atoms. The van der Waals surface area contributed by atoms with E-state index in [1.165, 1.54) is 36.0 Å². The van der Waals surface area contributed by atoms with Gasteiger partial charge >= 0.3 is 0 Å². The van der Waals surface area contributed by atoms with Crippen LogP contribution in [0.25, 0.3) is 0 Å². The maximum atomic E-state index is 12.3. The zero-order valence-electron chi connectivity index (χ0n) is 15.0. The first-order valence-electron chi connectivity index (χ1n) is 8.50. The molecule has 3 aromatic rings. The fourth-order valence-electron chi connectivity index (χ4n) is 2.47. The smallest absolute Gasteiger partial charge is 0.269 e. The third-order valence-electron chi connectivity index (χ3n) is 3.97. The number of hydrogen-bond donors (Lipinski definition) is 1. The van der Waals surface area contributed by atoms with E-state index in [4.69, 9.17) is 11.6 Å². The number of carbonyl (C=O) groups is 2. The summed E-state index contributed by atoms with van der Waals surface area (Å²) in [4.78, 5) is 35.6. The van der Waals surface area contributed by atoms with Gasteiger partial charge in [0.1, 0.15) is 0 Å². The zero-order valence-corrected chi connectivity index (χ0v) is 16.6. The maximum absolute atomic E-state index is 12.3. The van der Waals surface area contributed by atoms with Gasteiger partial charge in [-0.3, -0.25) is 19.7 Å². The van der Waals surface area contributed by atoms with Gasteiger partial charge in [-0.15, -0.1) is 11.8 Å². The number of nitrogens with zero attached hydrogens (tertiary/aromatic N) is 1. The van der Waals surface area contributed by atoms with Crippen molar-refractivity contribution in [3.63, 3.8) is 0 Å². The van der Waals surface area contributed by atoms with Crippen molar-refractivity contribution in [2.75, 3.05) is 11.1 Å². The SMILES string of the molecule is O=C(CSc1cccc(NC(=O)c2ccc([N+](=O)[O-])cc2)c1)c1ccc(Cl)cc1. The van der Waals surface area contributed by atoms with E-state index in [1.54, 1.807) is 42.5 Å². The summed E-state index contributed by atoms with van der Waals surface area (Å²) in [7, 11) is 0. The Hall–Kier alpha value is -3.16. The summed E-state index contributed by atoms with van der Waals surface area (Å²) in [5.74, 6) is -0.146. The summed E-state index contributed by atoms with van der Waals surface area (Å²) in [5.41, 5.74) is 1.39. The molecule has 3 rings (SSSR count). The number of nitro benzene ring substituents is 1. The molecule has 0 saturated heterocycles. The second-order valence-corrected chi connectivity index (χ2v) is 7.49. The quantitative estimate of drug-likeness (QED) is 0.234. The number of ketones is 1. The van der Waals surface area contributed by atoms with Crippen LogP contribution < -0.4 is 5.32 Å². The number of halogens is 1. The third-order valence-corrected chi connectivity index (χ3v) is 5.21. The molecule has 0 aliphatic heterocycles. The maximum Gasteiger partial charge on any atom is 0.269 e. The second kappa shape index (κ2) is 9.36. The molecule has 0 aromatic heterocycles. The van der Waals surface area contributed by atoms with Crippen molar-refractivity contribution in [2.24, 2.45) is 0 Å². The molecular formula is C21H15ClN2O4S. The lowest BCUT2D eigenvalue weighted by molar-refractivity contribution is -0.384. The number of thioether (sulfide) groups is 1. The van der Waals surface area contributed by atoms with Crippen LogP contribution in [0.2, 0.25) is 5.02 Å². The summed E-state index contributed by atoms with van der Waals surface area (Å²) < 4.78 is 0. The van der Waals surface area contributed by atoms with Crippen molar-refractivity contribution < 1.29 is 14.5 Å². The highest BCUT2D eigenvalue weighted by molar-refractivity contribution is 8.00. The number of anilines is 1. The topological polar surface area (TPSA) is 89.3 Å². The monoisotopic (exact) mass is 426 g/mol. The van der Waals surface area contributed by atoms with Gasteiger partial charge < -0.3 is 5.32 Å². The highest BCUT2D eigenvalue weighted by Crippen LogP contribution is 2.23. The van der Waals surface area contributed by atoms with Gasteiger partial charge in [0.2, 0.25) is 0 Å². The third kappa shape index (κ3) is 5.66. The van der Waals surface area contributed by atoms with Crippen LogP contribution in [-0.2, 0) is 0 Å². The van der Waals surface area contributed by atoms with Crippen molar-refractivity contribution in [3.05, 3.63) is 99.1 Å². The van der Waals surface area contributed by atoms with Crippen LogP contribution >= 0.6 is 23.4 Å². The summed E-state index contributed by atoms with van der Waals surface area (Å²) in [6, 6.07) is 19.2. The molecule has 0 radical (unpaired) electrons. The lowest BCUT2D eigenvalue weighted by Gasteiger charge is -2.07. The van der Waals surface area contributed by atoms with Crippen molar-refractivity contribution in [1.82, 2.24) is 0 Å². The number of Topliss-reactive ketones (excluding diaryl/α,β-unsaturated/α-hetero) is 1. The second-order valence-electron chi connectivity index (χ2n) is 6.00. The summed E-state index contributed by atoms with van der Waals surface area (Å²) in [6.45, 7) is 0. The lowest BCUT2D eigenvalue weighted by Crippen LogP contribution is -2.11. The van der Waals surface area contributed by atoms with E-state index in [-0.39, 0.29) is 23.1 Å². The number of amides is 1. The van der Waals surface area contributed by atoms with Crippen LogP contribution in [-0.4, -0.2) is 22.4 Å². The molecule has 0 unspecified atom stereocenters. The Morgan fingerprint density at radius 1 is 0.966 bits per heavy atom. The van der Waals surface area contributed by atoms with Gasteiger partial charge in [-0.05, 0) is 54.6 Å². The van der Waals surface area contributed by atoms with E-state index in [0.717, 1.165) is 4.90 Å². The van der Waals surface area contributed by atoms with E-state index in [9.17, 15) is 19.7 Å². The number of carbonyl (C=O) groups excluding carboxylic acids is 2. The molecule has 146 valence electrons. The van der Waals surface area contributed by atoms with E-state index >= 15 is 0 Å². The van der Waals surface area contributed by atoms with E-state index in [0.29, 0.717) is 21.8 Å². The summed E-state index contributed by atoms with van der Waals surface area (Å²) >= 11 is 7.19. The first-order valence-corrected chi connectivity index (χ1v) is 9.86. The molecule has 1 N–H and O–H groups in total. The Labute approximate surface area is 176 Å². The van der Waals surface area contributed by atoms with Crippen LogP contribution in [0.3, 0.4) is 0 Å². The number of rotatable bonds is 7. The standard InChI is InChI=1S/C21H15ClN2O4S/c22-16-8-4-14(5-9-16)20(25)13-29-19-3-1-2-17(12-19)23-21(26)15-6-10-18(11-7-15)24(27)28/h1-12H,13H2,(H,23,26). The fraction of sp³-hybridized carbons (Fsp3) is 0.0476. The van der Waals surface area contributed by atoms with Gasteiger partial charge in [-0.2, -0.15) is 0 Å². The molecule has 0 aliphatic carbocycles. The normalized spacial score (nSPS) is 10.4. The Morgan fingerprint density at radius 2 is 1.62 bits per heavy atom. The number of hydrogen-bond acceptors (Lipinski definition) is 5. The molecule has 0 fully saturated rings. The molecule has 0 saturated carbocycles. The number of benzene rings is 3. The Morgan fingerprint density at radius 3 is 2.28 bits per heavy atom. The van der Waals surface area contributed by atoms with Gasteiger partial charge in [0.25, 0.3) is 11.6 Å². The Kier molecular flexibility index (Phi) is 6.64. The molecule has 0 aliphatic rings. The Balaban J connectivity index is 1.61. The largest absolute Gasteiger partial charge is 0.322 e. The first kappa shape index (κ1) is 20.6. The fourth-order valence-corrected chi connectivity index (χ4v) is 3.44. The van der Waals surface area contributed by atoms with Gasteiger partial charge in [-0.25, -0.2) is 0 Å². The minimum absolute atomic E-state index is 0.0213. The molecule has 6 nitrogen and oxygen atoms in total. The van der Waals surface area contributed by atoms with E-state index in [1.807, 2.05) is 6.07 Å². The van der Waals surface area contributed by atoms with Gasteiger partial charge in [0.15, 0.2) is 5.78 Å². The lowest BCUT2D eigenvalue weighted by atomic mass is 10.1. The first-order chi connectivity index (χ1) is 13.9. The van der Waals surface area contributed by atoms with Gasteiger partial charge in [0, 0.05) is 38.9 Å².